The van der Waals surface area contributed by atoms with E-state index in [4.69, 9.17) is 4.74 Å². The minimum Gasteiger partial charge on any atom is -0.372 e. The Morgan fingerprint density at radius 2 is 1.81 bits per heavy atom. The third-order valence-electron chi connectivity index (χ3n) is 5.55. The molecule has 0 aromatic carbocycles. The lowest BCUT2D eigenvalue weighted by atomic mass is 10.2. The first-order chi connectivity index (χ1) is 17.3. The number of nitrogens with one attached hydrogen (secondary N) is 1. The number of hydrogen-bond donors (Lipinski definition) is 1. The van der Waals surface area contributed by atoms with E-state index in [1.807, 2.05) is 6.92 Å². The van der Waals surface area contributed by atoms with Crippen molar-refractivity contribution in [1.29, 1.82) is 0 Å². The average Bonchev–Trinajstić information content (AvgIpc) is 2.82. The summed E-state index contributed by atoms with van der Waals surface area (Å²) < 4.78 is 83.1. The van der Waals surface area contributed by atoms with Crippen LogP contribution in [0.15, 0.2) is 39.4 Å². The number of carbonyl (C=O) groups excluding carboxylic acids is 1. The van der Waals surface area contributed by atoms with E-state index in [1.54, 1.807) is 21.0 Å². The second-order valence-electron chi connectivity index (χ2n) is 8.13. The quantitative estimate of drug-likeness (QED) is 0.376. The molecule has 1 saturated heterocycles. The van der Waals surface area contributed by atoms with Crippen molar-refractivity contribution in [3.8, 4) is 0 Å². The molecule has 1 aromatic heterocycles. The summed E-state index contributed by atoms with van der Waals surface area (Å²) in [4.78, 5) is 31.3. The molecule has 1 amide bonds. The predicted octanol–water partition coefficient (Wildman–Crippen LogP) is 4.23. The number of aromatic nitrogens is 2. The molecule has 1 aliphatic heterocycles. The van der Waals surface area contributed by atoms with E-state index < -0.39 is 35.2 Å². The van der Waals surface area contributed by atoms with Gasteiger partial charge in [0.25, 0.3) is 5.56 Å². The highest BCUT2D eigenvalue weighted by atomic mass is 19.4. The van der Waals surface area contributed by atoms with Gasteiger partial charge in [0.15, 0.2) is 0 Å². The predicted molar refractivity (Wildman–Crippen MR) is 124 cm³/mol. The van der Waals surface area contributed by atoms with E-state index in [2.05, 4.69) is 10.1 Å². The lowest BCUT2D eigenvalue weighted by Gasteiger charge is -2.36. The molecule has 1 N–H and O–H groups in total. The summed E-state index contributed by atoms with van der Waals surface area (Å²) in [6.07, 6.45) is -6.29. The van der Waals surface area contributed by atoms with Crippen LogP contribution in [0.2, 0.25) is 0 Å². The zero-order valence-corrected chi connectivity index (χ0v) is 20.6. The van der Waals surface area contributed by atoms with Crippen molar-refractivity contribution in [3.05, 3.63) is 51.2 Å². The Kier molecular flexibility index (Phi) is 10.5. The van der Waals surface area contributed by atoms with Crippen molar-refractivity contribution in [3.63, 3.8) is 0 Å². The fraction of sp³-hybridized carbons (Fsp3) is 0.565. The monoisotopic (exact) mass is 537 g/mol. The van der Waals surface area contributed by atoms with Gasteiger partial charge in [0.1, 0.15) is 11.4 Å². The second kappa shape index (κ2) is 12.9. The number of piperazine rings is 1. The number of allylic oxidation sites excluding steroid dienone is 3. The standard InChI is InChI=1S/C23H29F6N5O3/c1-4-6-19(30-14-16(5-2)22(24,25)26)33-8-10-34(11-9-33)20(35)7-12-37-15(3)18-13-17(23(27,28)29)21(36)32-31-18/h5-6,13-15H,4,7-12H2,1-3H3,(H,32,36)/b16-5+,19-6-,30-14-. The van der Waals surface area contributed by atoms with E-state index in [9.17, 15) is 35.9 Å². The molecule has 37 heavy (non-hydrogen) atoms. The summed E-state index contributed by atoms with van der Waals surface area (Å²) in [5, 5.41) is 5.37. The zero-order chi connectivity index (χ0) is 27.8. The summed E-state index contributed by atoms with van der Waals surface area (Å²) in [6, 6.07) is 0.613. The molecule has 1 unspecified atom stereocenters. The molecule has 0 aliphatic carbocycles. The van der Waals surface area contributed by atoms with Gasteiger partial charge in [-0.05, 0) is 32.4 Å². The Bertz CT molecular complexity index is 1070. The molecular formula is C23H29F6N5O3. The molecule has 2 heterocycles. The molecule has 1 aromatic rings. The first-order valence-electron chi connectivity index (χ1n) is 11.6. The molecule has 1 atom stereocenters. The van der Waals surface area contributed by atoms with Gasteiger partial charge < -0.3 is 14.5 Å². The summed E-state index contributed by atoms with van der Waals surface area (Å²) in [5.41, 5.74) is -3.73. The van der Waals surface area contributed by atoms with Gasteiger partial charge in [0.2, 0.25) is 5.91 Å². The van der Waals surface area contributed by atoms with Crippen molar-refractivity contribution in [2.45, 2.75) is 52.1 Å². The lowest BCUT2D eigenvalue weighted by Crippen LogP contribution is -2.48. The molecule has 0 bridgehead atoms. The Balaban J connectivity index is 1.89. The van der Waals surface area contributed by atoms with Crippen LogP contribution in [0.25, 0.3) is 0 Å². The Morgan fingerprint density at radius 3 is 2.35 bits per heavy atom. The van der Waals surface area contributed by atoms with Crippen molar-refractivity contribution in [1.82, 2.24) is 20.0 Å². The van der Waals surface area contributed by atoms with Crippen LogP contribution in [0.3, 0.4) is 0 Å². The fourth-order valence-corrected chi connectivity index (χ4v) is 3.48. The highest BCUT2D eigenvalue weighted by Crippen LogP contribution is 2.28. The number of ether oxygens (including phenoxy) is 1. The number of H-pyrrole nitrogens is 1. The van der Waals surface area contributed by atoms with Gasteiger partial charge in [-0.2, -0.15) is 31.4 Å². The molecule has 0 spiro atoms. The topological polar surface area (TPSA) is 90.9 Å². The number of amides is 1. The Morgan fingerprint density at radius 1 is 1.19 bits per heavy atom. The lowest BCUT2D eigenvalue weighted by molar-refractivity contribution is -0.139. The van der Waals surface area contributed by atoms with Gasteiger partial charge in [0, 0.05) is 32.4 Å². The highest BCUT2D eigenvalue weighted by molar-refractivity contribution is 5.81. The smallest absolute Gasteiger partial charge is 0.372 e. The van der Waals surface area contributed by atoms with Crippen LogP contribution in [-0.4, -0.2) is 71.1 Å². The minimum absolute atomic E-state index is 0.0358. The minimum atomic E-state index is -4.84. The molecular weight excluding hydrogens is 508 g/mol. The molecule has 8 nitrogen and oxygen atoms in total. The Labute approximate surface area is 209 Å². The van der Waals surface area contributed by atoms with Gasteiger partial charge in [-0.15, -0.1) is 0 Å². The molecule has 206 valence electrons. The maximum atomic E-state index is 13.0. The number of aromatic amines is 1. The summed E-state index contributed by atoms with van der Waals surface area (Å²) in [6.45, 7) is 5.85. The molecule has 1 fully saturated rings. The number of halogens is 6. The van der Waals surface area contributed by atoms with E-state index >= 15 is 0 Å². The first kappa shape index (κ1) is 30.1. The van der Waals surface area contributed by atoms with Crippen LogP contribution in [0, 0.1) is 0 Å². The van der Waals surface area contributed by atoms with Crippen molar-refractivity contribution in [2.75, 3.05) is 32.8 Å². The maximum absolute atomic E-state index is 13.0. The number of hydrogen-bond acceptors (Lipinski definition) is 6. The molecule has 1 aliphatic rings. The number of nitrogens with zero attached hydrogens (tertiary/aromatic N) is 4. The number of alkyl halides is 6. The maximum Gasteiger partial charge on any atom is 0.421 e. The number of carbonyl (C=O) groups is 1. The molecule has 2 rings (SSSR count). The number of aliphatic imine (C=N–C) groups is 1. The van der Waals surface area contributed by atoms with Gasteiger partial charge >= 0.3 is 12.4 Å². The fourth-order valence-electron chi connectivity index (χ4n) is 3.48. The van der Waals surface area contributed by atoms with E-state index in [0.717, 1.165) is 12.3 Å². The largest absolute Gasteiger partial charge is 0.421 e. The van der Waals surface area contributed by atoms with Crippen molar-refractivity contribution < 1.29 is 35.9 Å². The second-order valence-corrected chi connectivity index (χ2v) is 8.13. The molecule has 14 heteroatoms. The SMILES string of the molecule is C\C=C(/C=N\C(=C\CC)N1CCN(C(=O)CCOC(C)c2cc(C(F)(F)F)c(=O)[nH]n2)CC1)C(F)(F)F. The average molecular weight is 538 g/mol. The van der Waals surface area contributed by atoms with Crippen molar-refractivity contribution in [2.24, 2.45) is 4.99 Å². The van der Waals surface area contributed by atoms with Crippen LogP contribution in [0.4, 0.5) is 26.3 Å². The molecule has 0 saturated carbocycles. The highest BCUT2D eigenvalue weighted by Gasteiger charge is 2.35. The summed E-state index contributed by atoms with van der Waals surface area (Å²) >= 11 is 0. The normalized spacial score (nSPS) is 17.0. The Hall–Kier alpha value is -3.16. The van der Waals surface area contributed by atoms with Gasteiger partial charge in [0.05, 0.1) is 30.4 Å². The van der Waals surface area contributed by atoms with E-state index in [1.165, 1.54) is 13.8 Å². The first-order valence-corrected chi connectivity index (χ1v) is 11.6. The third kappa shape index (κ3) is 8.72. The van der Waals surface area contributed by atoms with Crippen LogP contribution in [-0.2, 0) is 15.7 Å². The van der Waals surface area contributed by atoms with Gasteiger partial charge in [-0.3, -0.25) is 9.59 Å². The zero-order valence-electron chi connectivity index (χ0n) is 20.6. The van der Waals surface area contributed by atoms with Crippen LogP contribution >= 0.6 is 0 Å². The van der Waals surface area contributed by atoms with Crippen LogP contribution < -0.4 is 5.56 Å². The van der Waals surface area contributed by atoms with Crippen molar-refractivity contribution >= 4 is 12.1 Å². The van der Waals surface area contributed by atoms with Crippen LogP contribution in [0.1, 0.15) is 51.0 Å². The van der Waals surface area contributed by atoms with Gasteiger partial charge in [-0.1, -0.05) is 13.0 Å². The summed E-state index contributed by atoms with van der Waals surface area (Å²) in [7, 11) is 0. The third-order valence-corrected chi connectivity index (χ3v) is 5.55. The van der Waals surface area contributed by atoms with E-state index in [-0.39, 0.29) is 24.6 Å². The van der Waals surface area contributed by atoms with Crippen LogP contribution in [0.5, 0.6) is 0 Å². The van der Waals surface area contributed by atoms with E-state index in [0.29, 0.717) is 44.5 Å². The summed E-state index contributed by atoms with van der Waals surface area (Å²) in [5.74, 6) is 0.150. The van der Waals surface area contributed by atoms with Gasteiger partial charge in [-0.25, -0.2) is 10.1 Å². The molecule has 0 radical (unpaired) electrons. The number of rotatable bonds is 9.